The van der Waals surface area contributed by atoms with Crippen molar-refractivity contribution in [1.82, 2.24) is 0 Å². The van der Waals surface area contributed by atoms with Gasteiger partial charge in [0, 0.05) is 0 Å². The predicted octanol–water partition coefficient (Wildman–Crippen LogP) is 2.14. The summed E-state index contributed by atoms with van der Waals surface area (Å²) in [5.41, 5.74) is 6.97. The van der Waals surface area contributed by atoms with E-state index in [1.54, 1.807) is 6.07 Å². The smallest absolute Gasteiger partial charge is 0.253 e. The SMILES string of the molecule is COc1c(C)cccc1CC(N)C(F)F. The maximum Gasteiger partial charge on any atom is 0.253 e. The monoisotopic (exact) mass is 215 g/mol. The zero-order valence-electron chi connectivity index (χ0n) is 8.84. The zero-order chi connectivity index (χ0) is 11.4. The van der Waals surface area contributed by atoms with Gasteiger partial charge in [0.25, 0.3) is 6.43 Å². The number of rotatable bonds is 4. The Hall–Kier alpha value is -1.16. The second-order valence-electron chi connectivity index (χ2n) is 3.47. The van der Waals surface area contributed by atoms with Crippen LogP contribution >= 0.6 is 0 Å². The first-order valence-corrected chi connectivity index (χ1v) is 4.72. The number of hydrogen-bond donors (Lipinski definition) is 1. The van der Waals surface area contributed by atoms with Crippen molar-refractivity contribution in [3.05, 3.63) is 29.3 Å². The van der Waals surface area contributed by atoms with Crippen LogP contribution in [0.4, 0.5) is 8.78 Å². The van der Waals surface area contributed by atoms with E-state index in [0.717, 1.165) is 11.1 Å². The summed E-state index contributed by atoms with van der Waals surface area (Å²) >= 11 is 0. The largest absolute Gasteiger partial charge is 0.496 e. The first kappa shape index (κ1) is 11.9. The molecule has 0 spiro atoms. The molecule has 0 saturated heterocycles. The lowest BCUT2D eigenvalue weighted by Gasteiger charge is -2.14. The Morgan fingerprint density at radius 2 is 2.07 bits per heavy atom. The normalized spacial score (nSPS) is 12.9. The van der Waals surface area contributed by atoms with Gasteiger partial charge in [0.2, 0.25) is 0 Å². The van der Waals surface area contributed by atoms with E-state index in [4.69, 9.17) is 10.5 Å². The van der Waals surface area contributed by atoms with E-state index >= 15 is 0 Å². The minimum atomic E-state index is -2.50. The highest BCUT2D eigenvalue weighted by Crippen LogP contribution is 2.24. The summed E-state index contributed by atoms with van der Waals surface area (Å²) in [6, 6.07) is 4.30. The molecule has 0 fully saturated rings. The molecule has 2 nitrogen and oxygen atoms in total. The van der Waals surface area contributed by atoms with Crippen molar-refractivity contribution in [3.63, 3.8) is 0 Å². The first-order chi connectivity index (χ1) is 7.06. The number of benzene rings is 1. The van der Waals surface area contributed by atoms with Crippen LogP contribution in [0.15, 0.2) is 18.2 Å². The van der Waals surface area contributed by atoms with Crippen LogP contribution in [0.3, 0.4) is 0 Å². The Kier molecular flexibility index (Phi) is 4.03. The van der Waals surface area contributed by atoms with Gasteiger partial charge < -0.3 is 10.5 Å². The number of hydrogen-bond acceptors (Lipinski definition) is 2. The molecule has 4 heteroatoms. The van der Waals surface area contributed by atoms with E-state index in [2.05, 4.69) is 0 Å². The number of methoxy groups -OCH3 is 1. The minimum Gasteiger partial charge on any atom is -0.496 e. The molecule has 1 aromatic carbocycles. The van der Waals surface area contributed by atoms with Crippen molar-refractivity contribution in [2.45, 2.75) is 25.8 Å². The van der Waals surface area contributed by atoms with Gasteiger partial charge in [0.15, 0.2) is 0 Å². The maximum atomic E-state index is 12.3. The van der Waals surface area contributed by atoms with Crippen LogP contribution in [0.1, 0.15) is 11.1 Å². The molecule has 0 radical (unpaired) electrons. The van der Waals surface area contributed by atoms with Gasteiger partial charge in [-0.2, -0.15) is 0 Å². The van der Waals surface area contributed by atoms with Crippen molar-refractivity contribution >= 4 is 0 Å². The third-order valence-corrected chi connectivity index (χ3v) is 2.28. The number of halogens is 2. The minimum absolute atomic E-state index is 0.127. The third kappa shape index (κ3) is 2.89. The Labute approximate surface area is 88.0 Å². The van der Waals surface area contributed by atoms with E-state index in [-0.39, 0.29) is 6.42 Å². The molecule has 0 aliphatic heterocycles. The summed E-state index contributed by atoms with van der Waals surface area (Å²) in [5.74, 6) is 0.647. The Morgan fingerprint density at radius 1 is 1.40 bits per heavy atom. The van der Waals surface area contributed by atoms with Crippen molar-refractivity contribution in [2.75, 3.05) is 7.11 Å². The van der Waals surface area contributed by atoms with Gasteiger partial charge in [-0.3, -0.25) is 0 Å². The molecule has 1 atom stereocenters. The van der Waals surface area contributed by atoms with E-state index < -0.39 is 12.5 Å². The van der Waals surface area contributed by atoms with Crippen LogP contribution in [0.2, 0.25) is 0 Å². The van der Waals surface area contributed by atoms with Gasteiger partial charge in [-0.05, 0) is 24.5 Å². The molecule has 1 rings (SSSR count). The first-order valence-electron chi connectivity index (χ1n) is 4.72. The zero-order valence-corrected chi connectivity index (χ0v) is 8.84. The summed E-state index contributed by atoms with van der Waals surface area (Å²) < 4.78 is 29.7. The average Bonchev–Trinajstić information content (AvgIpc) is 2.18. The van der Waals surface area contributed by atoms with Gasteiger partial charge in [-0.1, -0.05) is 18.2 Å². The fraction of sp³-hybridized carbons (Fsp3) is 0.455. The lowest BCUT2D eigenvalue weighted by molar-refractivity contribution is 0.115. The van der Waals surface area contributed by atoms with Crippen molar-refractivity contribution in [2.24, 2.45) is 5.73 Å². The molecule has 15 heavy (non-hydrogen) atoms. The fourth-order valence-electron chi connectivity index (χ4n) is 1.51. The Balaban J connectivity index is 2.89. The standard InChI is InChI=1S/C11H15F2NO/c1-7-4-3-5-8(10(7)15-2)6-9(14)11(12)13/h3-5,9,11H,6,14H2,1-2H3. The molecular formula is C11H15F2NO. The molecule has 0 bridgehead atoms. The molecule has 1 unspecified atom stereocenters. The van der Waals surface area contributed by atoms with Crippen LogP contribution in [-0.4, -0.2) is 19.6 Å². The van der Waals surface area contributed by atoms with Gasteiger partial charge in [0.05, 0.1) is 13.2 Å². The Bertz CT molecular complexity index is 328. The summed E-state index contributed by atoms with van der Waals surface area (Å²) in [5, 5.41) is 0. The lowest BCUT2D eigenvalue weighted by Crippen LogP contribution is -2.31. The van der Waals surface area contributed by atoms with Crippen LogP contribution in [-0.2, 0) is 6.42 Å². The second kappa shape index (κ2) is 5.07. The van der Waals surface area contributed by atoms with Crippen LogP contribution in [0, 0.1) is 6.92 Å². The highest BCUT2D eigenvalue weighted by Gasteiger charge is 2.18. The topological polar surface area (TPSA) is 35.2 Å². The number of ether oxygens (including phenoxy) is 1. The van der Waals surface area contributed by atoms with Gasteiger partial charge >= 0.3 is 0 Å². The van der Waals surface area contributed by atoms with E-state index in [9.17, 15) is 8.78 Å². The number of aryl methyl sites for hydroxylation is 1. The fourth-order valence-corrected chi connectivity index (χ4v) is 1.51. The van der Waals surface area contributed by atoms with E-state index in [1.165, 1.54) is 7.11 Å². The quantitative estimate of drug-likeness (QED) is 0.835. The average molecular weight is 215 g/mol. The summed E-state index contributed by atoms with van der Waals surface area (Å²) in [4.78, 5) is 0. The highest BCUT2D eigenvalue weighted by atomic mass is 19.3. The van der Waals surface area contributed by atoms with Crippen molar-refractivity contribution < 1.29 is 13.5 Å². The number of nitrogens with two attached hydrogens (primary N) is 1. The van der Waals surface area contributed by atoms with Crippen LogP contribution < -0.4 is 10.5 Å². The van der Waals surface area contributed by atoms with E-state index in [1.807, 2.05) is 19.1 Å². The third-order valence-electron chi connectivity index (χ3n) is 2.28. The van der Waals surface area contributed by atoms with Crippen LogP contribution in [0.5, 0.6) is 5.75 Å². The molecule has 0 aliphatic carbocycles. The molecule has 0 amide bonds. The summed E-state index contributed by atoms with van der Waals surface area (Å²) in [6.45, 7) is 1.87. The van der Waals surface area contributed by atoms with Gasteiger partial charge in [0.1, 0.15) is 5.75 Å². The molecule has 0 aliphatic rings. The molecular weight excluding hydrogens is 200 g/mol. The molecule has 0 heterocycles. The second-order valence-corrected chi connectivity index (χ2v) is 3.47. The van der Waals surface area contributed by atoms with Crippen LogP contribution in [0.25, 0.3) is 0 Å². The van der Waals surface area contributed by atoms with Gasteiger partial charge in [-0.25, -0.2) is 8.78 Å². The molecule has 1 aromatic rings. The van der Waals surface area contributed by atoms with E-state index in [0.29, 0.717) is 5.75 Å². The summed E-state index contributed by atoms with van der Waals surface area (Å²) in [7, 11) is 1.53. The molecule has 0 aromatic heterocycles. The molecule has 84 valence electrons. The molecule has 0 saturated carbocycles. The van der Waals surface area contributed by atoms with Crippen molar-refractivity contribution in [3.8, 4) is 5.75 Å². The van der Waals surface area contributed by atoms with Gasteiger partial charge in [-0.15, -0.1) is 0 Å². The maximum absolute atomic E-state index is 12.3. The Morgan fingerprint density at radius 3 is 2.60 bits per heavy atom. The number of para-hydroxylation sites is 1. The molecule has 2 N–H and O–H groups in total. The predicted molar refractivity (Wildman–Crippen MR) is 55.4 cm³/mol. The van der Waals surface area contributed by atoms with Crippen molar-refractivity contribution in [1.29, 1.82) is 0 Å². The highest BCUT2D eigenvalue weighted by molar-refractivity contribution is 5.41. The summed E-state index contributed by atoms with van der Waals surface area (Å²) in [6.07, 6.45) is -2.38. The lowest BCUT2D eigenvalue weighted by atomic mass is 10.0. The number of alkyl halides is 2.